The number of halogens is 1. The number of carbonyl (C=O) groups is 4. The second kappa shape index (κ2) is 10.8. The largest absolute Gasteiger partial charge is 0.507 e. The molecular formula is C38H27BrN2O5. The topological polar surface area (TPSA) is 104 Å². The molecule has 0 bridgehead atoms. The maximum Gasteiger partial charge on any atom is 0.238 e. The average Bonchev–Trinajstić information content (AvgIpc) is 3.33. The van der Waals surface area contributed by atoms with Crippen LogP contribution in [-0.2, 0) is 19.2 Å². The third-order valence-corrected chi connectivity index (χ3v) is 10.4. The van der Waals surface area contributed by atoms with Crippen LogP contribution >= 0.6 is 15.9 Å². The van der Waals surface area contributed by atoms with E-state index in [1.807, 2.05) is 78.9 Å². The van der Waals surface area contributed by atoms with Gasteiger partial charge in [0.1, 0.15) is 5.75 Å². The number of amides is 2. The molecular weight excluding hydrogens is 644 g/mol. The number of phenols is 1. The highest BCUT2D eigenvalue weighted by Gasteiger charge is 2.57. The minimum atomic E-state index is -0.729. The fourth-order valence-corrected chi connectivity index (χ4v) is 8.15. The van der Waals surface area contributed by atoms with Crippen molar-refractivity contribution in [1.82, 2.24) is 0 Å². The number of aromatic hydroxyl groups is 1. The van der Waals surface area contributed by atoms with Gasteiger partial charge in [0.25, 0.3) is 0 Å². The van der Waals surface area contributed by atoms with Gasteiger partial charge in [0, 0.05) is 45.5 Å². The number of ketones is 2. The molecule has 4 aromatic carbocycles. The Morgan fingerprint density at radius 3 is 2.28 bits per heavy atom. The van der Waals surface area contributed by atoms with Gasteiger partial charge in [-0.3, -0.25) is 24.1 Å². The van der Waals surface area contributed by atoms with Gasteiger partial charge in [0.05, 0.1) is 22.0 Å². The van der Waals surface area contributed by atoms with E-state index < -0.39 is 23.7 Å². The van der Waals surface area contributed by atoms with E-state index in [0.717, 1.165) is 22.3 Å². The number of imide groups is 1. The van der Waals surface area contributed by atoms with Crippen LogP contribution in [0.25, 0.3) is 10.8 Å². The Hall–Kier alpha value is -5.08. The van der Waals surface area contributed by atoms with Crippen LogP contribution < -0.4 is 10.2 Å². The maximum atomic E-state index is 14.3. The molecule has 226 valence electrons. The minimum Gasteiger partial charge on any atom is -0.507 e. The van der Waals surface area contributed by atoms with E-state index >= 15 is 0 Å². The number of fused-ring (bicyclic) bond motifs is 4. The van der Waals surface area contributed by atoms with Crippen molar-refractivity contribution >= 4 is 67.1 Å². The van der Waals surface area contributed by atoms with E-state index in [9.17, 15) is 24.3 Å². The Balaban J connectivity index is 1.19. The third-order valence-electron chi connectivity index (χ3n) is 9.76. The van der Waals surface area contributed by atoms with Crippen molar-refractivity contribution in [2.75, 3.05) is 10.2 Å². The highest BCUT2D eigenvalue weighted by Crippen LogP contribution is 2.57. The Morgan fingerprint density at radius 2 is 1.50 bits per heavy atom. The molecule has 1 saturated heterocycles. The van der Waals surface area contributed by atoms with Gasteiger partial charge in [-0.2, -0.15) is 0 Å². The first kappa shape index (κ1) is 28.4. The van der Waals surface area contributed by atoms with E-state index in [1.54, 1.807) is 18.2 Å². The molecule has 4 atom stereocenters. The summed E-state index contributed by atoms with van der Waals surface area (Å²) in [6.45, 7) is 0. The lowest BCUT2D eigenvalue weighted by Gasteiger charge is -2.42. The first-order valence-electron chi connectivity index (χ1n) is 15.2. The number of carbonyl (C=O) groups excluding carboxylic acids is 4. The van der Waals surface area contributed by atoms with Crippen LogP contribution in [0.2, 0.25) is 0 Å². The number of hydrogen-bond acceptors (Lipinski definition) is 6. The molecule has 1 fully saturated rings. The van der Waals surface area contributed by atoms with E-state index in [2.05, 4.69) is 21.2 Å². The molecule has 4 aliphatic rings. The molecule has 0 radical (unpaired) electrons. The zero-order valence-corrected chi connectivity index (χ0v) is 26.0. The van der Waals surface area contributed by atoms with Crippen LogP contribution in [0.15, 0.2) is 124 Å². The molecule has 0 aromatic heterocycles. The number of rotatable bonds is 4. The fraction of sp³-hybridized carbons (Fsp3) is 0.158. The van der Waals surface area contributed by atoms with Gasteiger partial charge >= 0.3 is 0 Å². The molecule has 1 heterocycles. The number of benzene rings is 4. The SMILES string of the molecule is O=C1C=C(Br)C(=O)C2=C1[C@@H](c1ccc3ccccc3c1O)C1=CC[C@@H]3C(=O)N(c4ccc(Nc5ccccc5)cc4)C(=O)[C@@H]3[C@@H]1C2. The van der Waals surface area contributed by atoms with Crippen molar-refractivity contribution in [3.05, 3.63) is 130 Å². The Kier molecular flexibility index (Phi) is 6.65. The van der Waals surface area contributed by atoms with Crippen molar-refractivity contribution in [2.24, 2.45) is 17.8 Å². The molecule has 46 heavy (non-hydrogen) atoms. The summed E-state index contributed by atoms with van der Waals surface area (Å²) in [4.78, 5) is 56.6. The average molecular weight is 672 g/mol. The van der Waals surface area contributed by atoms with Gasteiger partial charge in [0.2, 0.25) is 11.8 Å². The van der Waals surface area contributed by atoms with E-state index in [4.69, 9.17) is 0 Å². The number of hydrogen-bond donors (Lipinski definition) is 2. The number of Topliss-reactive ketones (excluding diaryl/α,β-unsaturated/α-hetero) is 1. The molecule has 0 spiro atoms. The number of para-hydroxylation sites is 1. The quantitative estimate of drug-likeness (QED) is 0.135. The third kappa shape index (κ3) is 4.31. The van der Waals surface area contributed by atoms with E-state index in [1.165, 1.54) is 11.0 Å². The lowest BCUT2D eigenvalue weighted by atomic mass is 9.59. The second-order valence-corrected chi connectivity index (χ2v) is 13.0. The number of phenolic OH excluding ortho intramolecular Hbond substituents is 1. The van der Waals surface area contributed by atoms with Gasteiger partial charge in [-0.1, -0.05) is 66.2 Å². The standard InChI is InChI=1S/C38H27BrN2O5/c39-30-19-31(42)34-29(36(30)44)18-28-25(32(34)26-15-10-20-6-4-5-9-24(20)35(26)43)16-17-27-33(28)38(46)41(37(27)45)23-13-11-22(12-14-23)40-21-7-2-1-3-8-21/h1-16,19,27-28,32-33,40,43H,17-18H2/t27-,28+,32+,33-/m0/s1. The predicted molar refractivity (Wildman–Crippen MR) is 179 cm³/mol. The highest BCUT2D eigenvalue weighted by atomic mass is 79.9. The summed E-state index contributed by atoms with van der Waals surface area (Å²) >= 11 is 3.27. The van der Waals surface area contributed by atoms with Crippen molar-refractivity contribution in [2.45, 2.75) is 18.8 Å². The second-order valence-electron chi connectivity index (χ2n) is 12.2. The maximum absolute atomic E-state index is 14.3. The highest BCUT2D eigenvalue weighted by molar-refractivity contribution is 9.12. The van der Waals surface area contributed by atoms with Gasteiger partial charge in [-0.15, -0.1) is 0 Å². The summed E-state index contributed by atoms with van der Waals surface area (Å²) < 4.78 is 0.164. The normalized spacial score (nSPS) is 24.0. The van der Waals surface area contributed by atoms with Gasteiger partial charge in [-0.25, -0.2) is 0 Å². The number of nitrogens with one attached hydrogen (secondary N) is 1. The van der Waals surface area contributed by atoms with Crippen LogP contribution in [0.5, 0.6) is 5.75 Å². The Labute approximate surface area is 273 Å². The van der Waals surface area contributed by atoms with Crippen molar-refractivity contribution in [1.29, 1.82) is 0 Å². The molecule has 8 rings (SSSR count). The molecule has 3 aliphatic carbocycles. The summed E-state index contributed by atoms with van der Waals surface area (Å²) in [6.07, 6.45) is 3.73. The molecule has 0 unspecified atom stereocenters. The molecule has 2 N–H and O–H groups in total. The monoisotopic (exact) mass is 670 g/mol. The number of allylic oxidation sites excluding steroid dienone is 6. The summed E-state index contributed by atoms with van der Waals surface area (Å²) in [5.41, 5.74) is 4.18. The zero-order chi connectivity index (χ0) is 31.7. The van der Waals surface area contributed by atoms with Crippen LogP contribution in [0.4, 0.5) is 17.1 Å². The first-order chi connectivity index (χ1) is 22.3. The van der Waals surface area contributed by atoms with Gasteiger partial charge in [0.15, 0.2) is 11.6 Å². The molecule has 7 nitrogen and oxygen atoms in total. The van der Waals surface area contributed by atoms with Crippen LogP contribution in [-0.4, -0.2) is 28.5 Å². The molecule has 2 amide bonds. The first-order valence-corrected chi connectivity index (χ1v) is 16.0. The van der Waals surface area contributed by atoms with Crippen molar-refractivity contribution in [3.63, 3.8) is 0 Å². The van der Waals surface area contributed by atoms with Crippen molar-refractivity contribution < 1.29 is 24.3 Å². The minimum absolute atomic E-state index is 0.0344. The lowest BCUT2D eigenvalue weighted by Crippen LogP contribution is -2.39. The molecule has 8 heteroatoms. The van der Waals surface area contributed by atoms with E-state index in [-0.39, 0.29) is 40.0 Å². The van der Waals surface area contributed by atoms with Crippen LogP contribution in [0.1, 0.15) is 24.3 Å². The number of anilines is 3. The summed E-state index contributed by atoms with van der Waals surface area (Å²) in [6, 6.07) is 28.0. The summed E-state index contributed by atoms with van der Waals surface area (Å²) in [5.74, 6) is -3.69. The van der Waals surface area contributed by atoms with E-state index in [0.29, 0.717) is 34.2 Å². The number of nitrogens with zero attached hydrogens (tertiary/aromatic N) is 1. The van der Waals surface area contributed by atoms with Crippen molar-refractivity contribution in [3.8, 4) is 5.75 Å². The molecule has 0 saturated carbocycles. The van der Waals surface area contributed by atoms with Gasteiger partial charge in [-0.05, 0) is 76.5 Å². The summed E-state index contributed by atoms with van der Waals surface area (Å²) in [7, 11) is 0. The Morgan fingerprint density at radius 1 is 0.783 bits per heavy atom. The molecule has 4 aromatic rings. The lowest BCUT2D eigenvalue weighted by molar-refractivity contribution is -0.123. The predicted octanol–water partition coefficient (Wildman–Crippen LogP) is 7.26. The van der Waals surface area contributed by atoms with Crippen LogP contribution in [0, 0.1) is 17.8 Å². The Bertz CT molecular complexity index is 2100. The van der Waals surface area contributed by atoms with Crippen LogP contribution in [0.3, 0.4) is 0 Å². The molecule has 1 aliphatic heterocycles. The zero-order valence-electron chi connectivity index (χ0n) is 24.4. The smallest absolute Gasteiger partial charge is 0.238 e. The fourth-order valence-electron chi connectivity index (χ4n) is 7.70. The van der Waals surface area contributed by atoms with Gasteiger partial charge < -0.3 is 10.4 Å². The summed E-state index contributed by atoms with van der Waals surface area (Å²) in [5, 5.41) is 16.4.